The first-order valence-electron chi connectivity index (χ1n) is 6.18. The maximum Gasteiger partial charge on any atom is 0.258 e. The number of hydrogen-bond donors (Lipinski definition) is 1. The van der Waals surface area contributed by atoms with Crippen molar-refractivity contribution in [3.63, 3.8) is 0 Å². The molecule has 5 heteroatoms. The van der Waals surface area contributed by atoms with E-state index in [0.29, 0.717) is 32.3 Å². The van der Waals surface area contributed by atoms with Gasteiger partial charge >= 0.3 is 0 Å². The summed E-state index contributed by atoms with van der Waals surface area (Å²) < 4.78 is 0. The van der Waals surface area contributed by atoms with Crippen LogP contribution in [0.1, 0.15) is 21.5 Å². The number of fused-ring (bicyclic) bond motifs is 1. The summed E-state index contributed by atoms with van der Waals surface area (Å²) in [6.07, 6.45) is 1.65. The van der Waals surface area contributed by atoms with E-state index < -0.39 is 11.8 Å². The molecule has 0 aromatic heterocycles. The molecule has 21 heavy (non-hydrogen) atoms. The topological polar surface area (TPSA) is 46.2 Å². The Balaban J connectivity index is 2.17. The summed E-state index contributed by atoms with van der Waals surface area (Å²) in [4.78, 5) is 23.9. The molecule has 1 heterocycles. The van der Waals surface area contributed by atoms with Crippen LogP contribution in [0.5, 0.6) is 0 Å². The summed E-state index contributed by atoms with van der Waals surface area (Å²) in [7, 11) is 0. The van der Waals surface area contributed by atoms with Crippen molar-refractivity contribution in [1.29, 1.82) is 0 Å². The van der Waals surface area contributed by atoms with Crippen LogP contribution in [0.3, 0.4) is 0 Å². The lowest BCUT2D eigenvalue weighted by molar-refractivity contribution is -0.114. The van der Waals surface area contributed by atoms with Gasteiger partial charge in [-0.3, -0.25) is 14.9 Å². The number of imide groups is 1. The number of nitrogens with one attached hydrogen (secondary N) is 1. The van der Waals surface area contributed by atoms with Gasteiger partial charge in [0.05, 0.1) is 0 Å². The number of amides is 2. The monoisotopic (exact) mass is 317 g/mol. The molecule has 2 aromatic rings. The molecule has 1 aliphatic rings. The first-order chi connectivity index (χ1) is 10.1. The van der Waals surface area contributed by atoms with Crippen molar-refractivity contribution in [2.75, 3.05) is 0 Å². The second kappa shape index (κ2) is 5.35. The highest BCUT2D eigenvalue weighted by Crippen LogP contribution is 2.29. The number of carbonyl (C=O) groups excluding carboxylic acids is 2. The van der Waals surface area contributed by atoms with Crippen molar-refractivity contribution in [2.45, 2.75) is 0 Å². The van der Waals surface area contributed by atoms with Crippen LogP contribution in [0.4, 0.5) is 0 Å². The average molecular weight is 318 g/mol. The minimum Gasteiger partial charge on any atom is -0.288 e. The Bertz CT molecular complexity index is 797. The SMILES string of the molecule is O=C1NC(=O)c2ccccc2C1=Cc1ccc(Cl)cc1Cl. The third-order valence-electron chi connectivity index (χ3n) is 3.20. The van der Waals surface area contributed by atoms with Crippen LogP contribution in [-0.4, -0.2) is 11.8 Å². The lowest BCUT2D eigenvalue weighted by Crippen LogP contribution is -2.36. The van der Waals surface area contributed by atoms with Gasteiger partial charge in [-0.05, 0) is 35.4 Å². The standard InChI is InChI=1S/C16H9Cl2NO2/c17-10-6-5-9(14(18)8-10)7-13-11-3-1-2-4-12(11)15(20)19-16(13)21/h1-8H,(H,19,20,21). The van der Waals surface area contributed by atoms with E-state index in [-0.39, 0.29) is 0 Å². The molecular formula is C16H9Cl2NO2. The molecule has 0 fully saturated rings. The zero-order valence-corrected chi connectivity index (χ0v) is 12.2. The summed E-state index contributed by atoms with van der Waals surface area (Å²) in [5.74, 6) is -0.834. The normalized spacial score (nSPS) is 15.8. The molecular weight excluding hydrogens is 309 g/mol. The quantitative estimate of drug-likeness (QED) is 0.642. The van der Waals surface area contributed by atoms with E-state index in [2.05, 4.69) is 5.32 Å². The van der Waals surface area contributed by atoms with Crippen molar-refractivity contribution >= 4 is 46.7 Å². The fourth-order valence-corrected chi connectivity index (χ4v) is 2.66. The van der Waals surface area contributed by atoms with Gasteiger partial charge < -0.3 is 0 Å². The van der Waals surface area contributed by atoms with Gasteiger partial charge in [0.15, 0.2) is 0 Å². The predicted octanol–water partition coefficient (Wildman–Crippen LogP) is 3.80. The van der Waals surface area contributed by atoms with Crippen LogP contribution in [0, 0.1) is 0 Å². The van der Waals surface area contributed by atoms with Gasteiger partial charge in [0.1, 0.15) is 0 Å². The number of rotatable bonds is 1. The third-order valence-corrected chi connectivity index (χ3v) is 3.76. The van der Waals surface area contributed by atoms with Crippen molar-refractivity contribution in [2.24, 2.45) is 0 Å². The van der Waals surface area contributed by atoms with Crippen LogP contribution in [0.15, 0.2) is 42.5 Å². The van der Waals surface area contributed by atoms with Gasteiger partial charge in [-0.1, -0.05) is 47.5 Å². The molecule has 0 spiro atoms. The first-order valence-corrected chi connectivity index (χ1v) is 6.93. The van der Waals surface area contributed by atoms with E-state index in [1.165, 1.54) is 0 Å². The molecule has 1 N–H and O–H groups in total. The second-order valence-corrected chi connectivity index (χ2v) is 5.40. The predicted molar refractivity (Wildman–Crippen MR) is 83.2 cm³/mol. The van der Waals surface area contributed by atoms with Gasteiger partial charge in [0, 0.05) is 21.2 Å². The highest BCUT2D eigenvalue weighted by molar-refractivity contribution is 6.37. The molecule has 104 valence electrons. The molecule has 0 saturated carbocycles. The van der Waals surface area contributed by atoms with Crippen molar-refractivity contribution in [3.05, 3.63) is 69.2 Å². The molecule has 0 saturated heterocycles. The summed E-state index contributed by atoms with van der Waals surface area (Å²) in [6, 6.07) is 12.0. The largest absolute Gasteiger partial charge is 0.288 e. The average Bonchev–Trinajstić information content (AvgIpc) is 2.45. The summed E-state index contributed by atoms with van der Waals surface area (Å²) >= 11 is 12.0. The Morgan fingerprint density at radius 3 is 2.33 bits per heavy atom. The van der Waals surface area contributed by atoms with E-state index in [9.17, 15) is 9.59 Å². The maximum atomic E-state index is 12.1. The summed E-state index contributed by atoms with van der Waals surface area (Å²) in [5, 5.41) is 3.28. The highest BCUT2D eigenvalue weighted by Gasteiger charge is 2.26. The highest BCUT2D eigenvalue weighted by atomic mass is 35.5. The maximum absolute atomic E-state index is 12.1. The van der Waals surface area contributed by atoms with E-state index >= 15 is 0 Å². The van der Waals surface area contributed by atoms with Crippen molar-refractivity contribution in [1.82, 2.24) is 5.32 Å². The van der Waals surface area contributed by atoms with Crippen LogP contribution >= 0.6 is 23.2 Å². The molecule has 0 radical (unpaired) electrons. The van der Waals surface area contributed by atoms with E-state index in [0.717, 1.165) is 0 Å². The molecule has 2 amide bonds. The van der Waals surface area contributed by atoms with Gasteiger partial charge in [-0.25, -0.2) is 0 Å². The lowest BCUT2D eigenvalue weighted by Gasteiger charge is -2.18. The summed E-state index contributed by atoms with van der Waals surface area (Å²) in [5.41, 5.74) is 2.12. The third kappa shape index (κ3) is 2.58. The zero-order valence-electron chi connectivity index (χ0n) is 10.7. The van der Waals surface area contributed by atoms with Crippen LogP contribution in [-0.2, 0) is 4.79 Å². The van der Waals surface area contributed by atoms with E-state index in [4.69, 9.17) is 23.2 Å². The fourth-order valence-electron chi connectivity index (χ4n) is 2.19. The Hall–Kier alpha value is -2.10. The first kappa shape index (κ1) is 13.9. The Morgan fingerprint density at radius 1 is 0.905 bits per heavy atom. The Kier molecular flexibility index (Phi) is 3.53. The number of carbonyl (C=O) groups is 2. The molecule has 0 unspecified atom stereocenters. The molecule has 3 nitrogen and oxygen atoms in total. The summed E-state index contributed by atoms with van der Waals surface area (Å²) in [6.45, 7) is 0. The fraction of sp³-hybridized carbons (Fsp3) is 0. The van der Waals surface area contributed by atoms with Gasteiger partial charge in [0.2, 0.25) is 0 Å². The zero-order chi connectivity index (χ0) is 15.0. The minimum atomic E-state index is -0.440. The lowest BCUT2D eigenvalue weighted by atomic mass is 9.93. The minimum absolute atomic E-state index is 0.394. The molecule has 3 rings (SSSR count). The van der Waals surface area contributed by atoms with E-state index in [1.54, 1.807) is 48.5 Å². The Morgan fingerprint density at radius 2 is 1.62 bits per heavy atom. The van der Waals surface area contributed by atoms with Gasteiger partial charge in [-0.2, -0.15) is 0 Å². The number of halogens is 2. The van der Waals surface area contributed by atoms with Gasteiger partial charge in [0.25, 0.3) is 11.8 Å². The van der Waals surface area contributed by atoms with Crippen molar-refractivity contribution in [3.8, 4) is 0 Å². The molecule has 0 atom stereocenters. The molecule has 0 aliphatic carbocycles. The molecule has 2 aromatic carbocycles. The van der Waals surface area contributed by atoms with Crippen LogP contribution in [0.25, 0.3) is 11.6 Å². The smallest absolute Gasteiger partial charge is 0.258 e. The van der Waals surface area contributed by atoms with Crippen molar-refractivity contribution < 1.29 is 9.59 Å². The number of hydrogen-bond acceptors (Lipinski definition) is 2. The van der Waals surface area contributed by atoms with E-state index in [1.807, 2.05) is 0 Å². The molecule has 0 bridgehead atoms. The molecule has 1 aliphatic heterocycles. The van der Waals surface area contributed by atoms with Crippen LogP contribution in [0.2, 0.25) is 10.0 Å². The Labute approximate surface area is 131 Å². The number of benzene rings is 2. The van der Waals surface area contributed by atoms with Gasteiger partial charge in [-0.15, -0.1) is 0 Å². The second-order valence-electron chi connectivity index (χ2n) is 4.55. The van der Waals surface area contributed by atoms with Crippen LogP contribution < -0.4 is 5.32 Å².